The number of carbonyl (C=O) groups is 1. The maximum Gasteiger partial charge on any atom is 0.264 e. The summed E-state index contributed by atoms with van der Waals surface area (Å²) in [5.74, 6) is -0.0801. The molecular formula is C37H20N4O2. The molecule has 6 heteroatoms. The number of rotatable bonds is 0. The quantitative estimate of drug-likeness (QED) is 0.142. The Morgan fingerprint density at radius 1 is 0.605 bits per heavy atom. The van der Waals surface area contributed by atoms with Crippen molar-refractivity contribution in [3.05, 3.63) is 119 Å². The Morgan fingerprint density at radius 2 is 1.23 bits per heavy atom. The first-order valence-corrected chi connectivity index (χ1v) is 14.2. The number of nitrogens with zero attached hydrogens (tertiary/aromatic N) is 4. The second-order valence-electron chi connectivity index (χ2n) is 11.4. The molecule has 0 aliphatic carbocycles. The van der Waals surface area contributed by atoms with E-state index in [9.17, 15) is 9.59 Å². The van der Waals surface area contributed by atoms with E-state index in [0.29, 0.717) is 16.6 Å². The normalized spacial score (nSPS) is 13.7. The van der Waals surface area contributed by atoms with Crippen molar-refractivity contribution in [3.63, 3.8) is 0 Å². The first-order valence-electron chi connectivity index (χ1n) is 14.2. The van der Waals surface area contributed by atoms with Gasteiger partial charge in [-0.2, -0.15) is 0 Å². The van der Waals surface area contributed by atoms with Crippen molar-refractivity contribution >= 4 is 94.0 Å². The summed E-state index contributed by atoms with van der Waals surface area (Å²) < 4.78 is 1.74. The number of carbonyl (C=O) groups excluding carboxylic acids is 1. The Morgan fingerprint density at radius 3 is 2.07 bits per heavy atom. The molecule has 1 aliphatic heterocycles. The summed E-state index contributed by atoms with van der Waals surface area (Å²) in [4.78, 5) is 39.6. The molecule has 0 spiro atoms. The van der Waals surface area contributed by atoms with Crippen LogP contribution < -0.4 is 10.5 Å². The van der Waals surface area contributed by atoms with E-state index in [1.54, 1.807) is 9.30 Å². The highest BCUT2D eigenvalue weighted by Crippen LogP contribution is 2.46. The summed E-state index contributed by atoms with van der Waals surface area (Å²) in [6.07, 6.45) is 1.85. The Bertz CT molecular complexity index is 2770. The fourth-order valence-corrected chi connectivity index (χ4v) is 7.39. The topological polar surface area (TPSA) is 67.0 Å². The number of anilines is 1. The van der Waals surface area contributed by atoms with Crippen molar-refractivity contribution in [2.24, 2.45) is 4.99 Å². The summed E-state index contributed by atoms with van der Waals surface area (Å²) in [7, 11) is 1.82. The third-order valence-corrected chi connectivity index (χ3v) is 9.29. The van der Waals surface area contributed by atoms with Crippen molar-refractivity contribution in [1.82, 2.24) is 9.38 Å². The van der Waals surface area contributed by atoms with Gasteiger partial charge in [0.2, 0.25) is 0 Å². The van der Waals surface area contributed by atoms with Gasteiger partial charge in [0.25, 0.3) is 11.5 Å². The number of hydrogen-bond acceptors (Lipinski definition) is 4. The van der Waals surface area contributed by atoms with E-state index in [0.717, 1.165) is 76.4 Å². The molecule has 0 fully saturated rings. The van der Waals surface area contributed by atoms with Crippen molar-refractivity contribution in [3.8, 4) is 0 Å². The van der Waals surface area contributed by atoms with E-state index in [-0.39, 0.29) is 11.5 Å². The number of fused-ring (bicyclic) bond motifs is 7. The van der Waals surface area contributed by atoms with Crippen LogP contribution in [-0.2, 0) is 0 Å². The largest absolute Gasteiger partial charge is 0.311 e. The predicted molar refractivity (Wildman–Crippen MR) is 175 cm³/mol. The number of benzene rings is 7. The highest BCUT2D eigenvalue weighted by atomic mass is 16.2. The second kappa shape index (κ2) is 7.69. The molecule has 43 heavy (non-hydrogen) atoms. The van der Waals surface area contributed by atoms with Gasteiger partial charge in [0.1, 0.15) is 5.65 Å². The number of para-hydroxylation sites is 3. The van der Waals surface area contributed by atoms with E-state index < -0.39 is 0 Å². The molecule has 200 valence electrons. The van der Waals surface area contributed by atoms with Crippen molar-refractivity contribution in [2.45, 2.75) is 0 Å². The molecule has 0 atom stereocenters. The minimum Gasteiger partial charge on any atom is -0.311 e. The second-order valence-corrected chi connectivity index (χ2v) is 11.4. The van der Waals surface area contributed by atoms with Gasteiger partial charge in [-0.1, -0.05) is 54.6 Å². The predicted octanol–water partition coefficient (Wildman–Crippen LogP) is 7.83. The zero-order chi connectivity index (χ0) is 28.6. The molecule has 1 aliphatic rings. The van der Waals surface area contributed by atoms with Crippen LogP contribution in [0.5, 0.6) is 0 Å². The third kappa shape index (κ3) is 2.69. The highest BCUT2D eigenvalue weighted by molar-refractivity contribution is 6.39. The van der Waals surface area contributed by atoms with Crippen molar-refractivity contribution < 1.29 is 4.79 Å². The average Bonchev–Trinajstić information content (AvgIpc) is 3.46. The van der Waals surface area contributed by atoms with Crippen LogP contribution in [0.4, 0.5) is 11.4 Å². The first-order chi connectivity index (χ1) is 21.1. The molecule has 0 radical (unpaired) electrons. The van der Waals surface area contributed by atoms with E-state index in [1.807, 2.05) is 80.0 Å². The maximum absolute atomic E-state index is 14.0. The van der Waals surface area contributed by atoms with Gasteiger partial charge in [-0.05, 0) is 69.4 Å². The van der Waals surface area contributed by atoms with Crippen LogP contribution in [0.3, 0.4) is 0 Å². The highest BCUT2D eigenvalue weighted by Gasteiger charge is 2.26. The lowest BCUT2D eigenvalue weighted by Gasteiger charge is -2.21. The van der Waals surface area contributed by atoms with E-state index in [1.165, 1.54) is 0 Å². The van der Waals surface area contributed by atoms with Crippen LogP contribution in [0.15, 0.2) is 107 Å². The van der Waals surface area contributed by atoms with E-state index in [2.05, 4.69) is 30.3 Å². The molecular weight excluding hydrogens is 532 g/mol. The molecule has 6 nitrogen and oxygen atoms in total. The zero-order valence-corrected chi connectivity index (χ0v) is 22.9. The average molecular weight is 553 g/mol. The number of hydrogen-bond donors (Lipinski definition) is 0. The SMILES string of the molecule is CN1C(=O)c2ccc3c4ccc5c6c(ccc(c7ccc(c2c73)N=Cc2ccccc21)c46)c(=O)n1c2ccccc2nc51. The van der Waals surface area contributed by atoms with Crippen LogP contribution >= 0.6 is 0 Å². The maximum atomic E-state index is 14.0. The van der Waals surface area contributed by atoms with Crippen molar-refractivity contribution in [1.29, 1.82) is 0 Å². The molecule has 7 aromatic carbocycles. The number of aliphatic imine (C=N–C) groups is 1. The summed E-state index contributed by atoms with van der Waals surface area (Å²) in [5, 5.41) is 9.57. The molecule has 2 aromatic heterocycles. The zero-order valence-electron chi connectivity index (χ0n) is 22.9. The van der Waals surface area contributed by atoms with Gasteiger partial charge in [0, 0.05) is 51.3 Å². The first kappa shape index (κ1) is 22.8. The lowest BCUT2D eigenvalue weighted by atomic mass is 9.86. The van der Waals surface area contributed by atoms with Crippen LogP contribution in [0.2, 0.25) is 0 Å². The Kier molecular flexibility index (Phi) is 4.07. The minimum absolute atomic E-state index is 0.0672. The Labute approximate surface area is 243 Å². The summed E-state index contributed by atoms with van der Waals surface area (Å²) in [6.45, 7) is 0. The number of pyridine rings is 1. The molecule has 0 N–H and O–H groups in total. The smallest absolute Gasteiger partial charge is 0.264 e. The lowest BCUT2D eigenvalue weighted by molar-refractivity contribution is 0.0994. The van der Waals surface area contributed by atoms with Gasteiger partial charge in [0.05, 0.1) is 22.4 Å². The molecule has 9 aromatic rings. The van der Waals surface area contributed by atoms with E-state index >= 15 is 0 Å². The van der Waals surface area contributed by atoms with Gasteiger partial charge in [-0.3, -0.25) is 19.0 Å². The number of amides is 1. The lowest BCUT2D eigenvalue weighted by Crippen LogP contribution is -2.27. The van der Waals surface area contributed by atoms with Crippen molar-refractivity contribution in [2.75, 3.05) is 11.9 Å². The van der Waals surface area contributed by atoms with Gasteiger partial charge in [-0.25, -0.2) is 4.98 Å². The minimum atomic E-state index is -0.0801. The number of aromatic nitrogens is 2. The third-order valence-electron chi connectivity index (χ3n) is 9.29. The molecule has 3 heterocycles. The molecule has 1 amide bonds. The Hall–Kier alpha value is -5.88. The van der Waals surface area contributed by atoms with Crippen LogP contribution in [0.25, 0.3) is 70.5 Å². The van der Waals surface area contributed by atoms with Crippen LogP contribution in [0.1, 0.15) is 15.9 Å². The van der Waals surface area contributed by atoms with Crippen LogP contribution in [-0.4, -0.2) is 28.6 Å². The standard InChI is InChI=1S/C37H20N4O2/c1-40-29-8-4-2-6-19(29)18-38-28-17-16-23-21-11-14-25-33-24(35-39-27-7-3-5-9-30(27)41(35)37(25)43)13-10-20(31(21)33)22-12-15-26(36(40)42)34(28)32(22)23/h2-18H,1H3. The number of imidazole rings is 1. The van der Waals surface area contributed by atoms with Gasteiger partial charge < -0.3 is 4.90 Å². The molecule has 0 saturated heterocycles. The fraction of sp³-hybridized carbons (Fsp3) is 0.0270. The van der Waals surface area contributed by atoms with Crippen LogP contribution in [0, 0.1) is 0 Å². The van der Waals surface area contributed by atoms with Gasteiger partial charge in [0.15, 0.2) is 0 Å². The molecule has 0 unspecified atom stereocenters. The monoisotopic (exact) mass is 552 g/mol. The summed E-state index contributed by atoms with van der Waals surface area (Å²) in [6, 6.07) is 31.9. The van der Waals surface area contributed by atoms with Gasteiger partial charge >= 0.3 is 0 Å². The Balaban J connectivity index is 1.39. The van der Waals surface area contributed by atoms with Gasteiger partial charge in [-0.15, -0.1) is 0 Å². The van der Waals surface area contributed by atoms with E-state index in [4.69, 9.17) is 9.98 Å². The molecule has 10 rings (SSSR count). The summed E-state index contributed by atoms with van der Waals surface area (Å²) >= 11 is 0. The summed E-state index contributed by atoms with van der Waals surface area (Å²) in [5.41, 5.74) is 5.29. The molecule has 0 saturated carbocycles. The molecule has 0 bridgehead atoms. The fourth-order valence-electron chi connectivity index (χ4n) is 7.39.